The van der Waals surface area contributed by atoms with Crippen LogP contribution < -0.4 is 15.0 Å². The third kappa shape index (κ3) is 5.20. The zero-order chi connectivity index (χ0) is 19.1. The van der Waals surface area contributed by atoms with Crippen molar-refractivity contribution in [2.75, 3.05) is 43.5 Å². The molecule has 1 aliphatic heterocycles. The summed E-state index contributed by atoms with van der Waals surface area (Å²) in [6.07, 6.45) is 2.14. The van der Waals surface area contributed by atoms with Crippen molar-refractivity contribution in [3.63, 3.8) is 0 Å². The molecule has 2 aromatic rings. The zero-order valence-electron chi connectivity index (χ0n) is 15.4. The second-order valence-electron chi connectivity index (χ2n) is 6.34. The molecule has 1 aromatic heterocycles. The summed E-state index contributed by atoms with van der Waals surface area (Å²) >= 11 is 0. The van der Waals surface area contributed by atoms with Gasteiger partial charge in [-0.05, 0) is 24.3 Å². The number of ether oxygens (including phenoxy) is 1. The Balaban J connectivity index is 1.42. The zero-order valence-corrected chi connectivity index (χ0v) is 15.4. The van der Waals surface area contributed by atoms with Gasteiger partial charge < -0.3 is 19.9 Å². The van der Waals surface area contributed by atoms with Gasteiger partial charge in [-0.3, -0.25) is 9.59 Å². The van der Waals surface area contributed by atoms with Gasteiger partial charge in [0, 0.05) is 57.0 Å². The third-order valence-corrected chi connectivity index (χ3v) is 4.53. The Bertz CT molecular complexity index is 774. The molecule has 0 saturated carbocycles. The molecular weight excluding hydrogens is 344 g/mol. The van der Waals surface area contributed by atoms with E-state index in [0.29, 0.717) is 24.5 Å². The SMILES string of the molecule is COc1cccc(NC(=O)CCC(=O)N2CCN(c3ccccn3)CC2)c1. The molecule has 0 bridgehead atoms. The van der Waals surface area contributed by atoms with E-state index in [1.165, 1.54) is 0 Å². The van der Waals surface area contributed by atoms with Crippen LogP contribution in [0.2, 0.25) is 0 Å². The number of benzene rings is 1. The number of methoxy groups -OCH3 is 1. The average Bonchev–Trinajstić information content (AvgIpc) is 2.73. The fourth-order valence-electron chi connectivity index (χ4n) is 3.03. The molecule has 0 unspecified atom stereocenters. The van der Waals surface area contributed by atoms with E-state index in [4.69, 9.17) is 4.74 Å². The molecule has 1 fully saturated rings. The van der Waals surface area contributed by atoms with Crippen LogP contribution in [0.25, 0.3) is 0 Å². The first-order valence-electron chi connectivity index (χ1n) is 9.03. The van der Waals surface area contributed by atoms with Crippen molar-refractivity contribution in [1.29, 1.82) is 0 Å². The van der Waals surface area contributed by atoms with E-state index < -0.39 is 0 Å². The van der Waals surface area contributed by atoms with Gasteiger partial charge in [0.25, 0.3) is 0 Å². The molecule has 0 atom stereocenters. The highest BCUT2D eigenvalue weighted by molar-refractivity contribution is 5.93. The number of piperazine rings is 1. The monoisotopic (exact) mass is 368 g/mol. The summed E-state index contributed by atoms with van der Waals surface area (Å²) in [7, 11) is 1.58. The molecule has 1 aliphatic rings. The predicted octanol–water partition coefficient (Wildman–Crippen LogP) is 2.16. The van der Waals surface area contributed by atoms with E-state index in [2.05, 4.69) is 15.2 Å². The number of hydrogen-bond acceptors (Lipinski definition) is 5. The molecule has 0 aliphatic carbocycles. The van der Waals surface area contributed by atoms with Crippen LogP contribution in [0.1, 0.15) is 12.8 Å². The summed E-state index contributed by atoms with van der Waals surface area (Å²) in [6, 6.07) is 13.0. The Hall–Kier alpha value is -3.09. The van der Waals surface area contributed by atoms with Crippen molar-refractivity contribution < 1.29 is 14.3 Å². The van der Waals surface area contributed by atoms with E-state index in [1.54, 1.807) is 31.5 Å². The van der Waals surface area contributed by atoms with Crippen molar-refractivity contribution >= 4 is 23.3 Å². The summed E-state index contributed by atoms with van der Waals surface area (Å²) < 4.78 is 5.13. The first-order valence-corrected chi connectivity index (χ1v) is 9.03. The highest BCUT2D eigenvalue weighted by atomic mass is 16.5. The highest BCUT2D eigenvalue weighted by Gasteiger charge is 2.22. The topological polar surface area (TPSA) is 74.8 Å². The number of aromatic nitrogens is 1. The molecule has 1 saturated heterocycles. The van der Waals surface area contributed by atoms with E-state index in [-0.39, 0.29) is 24.7 Å². The number of anilines is 2. The van der Waals surface area contributed by atoms with Gasteiger partial charge in [-0.1, -0.05) is 12.1 Å². The van der Waals surface area contributed by atoms with Crippen LogP contribution in [0.15, 0.2) is 48.7 Å². The van der Waals surface area contributed by atoms with E-state index >= 15 is 0 Å². The normalized spacial score (nSPS) is 14.0. The maximum atomic E-state index is 12.4. The quantitative estimate of drug-likeness (QED) is 0.846. The Morgan fingerprint density at radius 2 is 1.89 bits per heavy atom. The van der Waals surface area contributed by atoms with Gasteiger partial charge >= 0.3 is 0 Å². The van der Waals surface area contributed by atoms with E-state index in [1.807, 2.05) is 29.2 Å². The van der Waals surface area contributed by atoms with Crippen molar-refractivity contribution in [3.8, 4) is 5.75 Å². The van der Waals surface area contributed by atoms with Crippen LogP contribution in [-0.2, 0) is 9.59 Å². The Kier molecular flexibility index (Phi) is 6.25. The fourth-order valence-corrected chi connectivity index (χ4v) is 3.03. The predicted molar refractivity (Wildman–Crippen MR) is 104 cm³/mol. The molecule has 7 heteroatoms. The van der Waals surface area contributed by atoms with Crippen molar-refractivity contribution in [2.24, 2.45) is 0 Å². The lowest BCUT2D eigenvalue weighted by molar-refractivity contribution is -0.133. The van der Waals surface area contributed by atoms with Crippen LogP contribution >= 0.6 is 0 Å². The molecule has 2 amide bonds. The first-order chi connectivity index (χ1) is 13.2. The lowest BCUT2D eigenvalue weighted by Crippen LogP contribution is -2.49. The molecular formula is C20H24N4O3. The molecule has 142 valence electrons. The molecule has 7 nitrogen and oxygen atoms in total. The number of hydrogen-bond donors (Lipinski definition) is 1. The number of rotatable bonds is 6. The van der Waals surface area contributed by atoms with Gasteiger partial charge in [-0.15, -0.1) is 0 Å². The van der Waals surface area contributed by atoms with E-state index in [0.717, 1.165) is 18.9 Å². The van der Waals surface area contributed by atoms with Crippen molar-refractivity contribution in [3.05, 3.63) is 48.7 Å². The smallest absolute Gasteiger partial charge is 0.224 e. The number of carbonyl (C=O) groups is 2. The number of nitrogens with one attached hydrogen (secondary N) is 1. The molecule has 1 N–H and O–H groups in total. The number of carbonyl (C=O) groups excluding carboxylic acids is 2. The minimum atomic E-state index is -0.177. The van der Waals surface area contributed by atoms with Crippen LogP contribution in [0.3, 0.4) is 0 Å². The largest absolute Gasteiger partial charge is 0.497 e. The summed E-state index contributed by atoms with van der Waals surface area (Å²) in [5.74, 6) is 1.44. The number of amides is 2. The van der Waals surface area contributed by atoms with Crippen molar-refractivity contribution in [2.45, 2.75) is 12.8 Å². The Morgan fingerprint density at radius 1 is 1.07 bits per heavy atom. The second-order valence-corrected chi connectivity index (χ2v) is 6.34. The molecule has 1 aromatic carbocycles. The molecule has 2 heterocycles. The average molecular weight is 368 g/mol. The highest BCUT2D eigenvalue weighted by Crippen LogP contribution is 2.17. The molecule has 0 radical (unpaired) electrons. The van der Waals surface area contributed by atoms with Crippen LogP contribution in [0.4, 0.5) is 11.5 Å². The molecule has 0 spiro atoms. The van der Waals surface area contributed by atoms with Gasteiger partial charge in [-0.2, -0.15) is 0 Å². The summed E-state index contributed by atoms with van der Waals surface area (Å²) in [5, 5.41) is 2.80. The number of pyridine rings is 1. The number of nitrogens with zero attached hydrogens (tertiary/aromatic N) is 3. The minimum absolute atomic E-state index is 0.0106. The van der Waals surface area contributed by atoms with Gasteiger partial charge in [-0.25, -0.2) is 4.98 Å². The van der Waals surface area contributed by atoms with Gasteiger partial charge in [0.05, 0.1) is 7.11 Å². The Morgan fingerprint density at radius 3 is 2.59 bits per heavy atom. The second kappa shape index (κ2) is 9.02. The standard InChI is InChI=1S/C20H24N4O3/c1-27-17-6-4-5-16(15-17)22-19(25)8-9-20(26)24-13-11-23(12-14-24)18-7-2-3-10-21-18/h2-7,10,15H,8-9,11-14H2,1H3,(H,22,25). The third-order valence-electron chi connectivity index (χ3n) is 4.53. The lowest BCUT2D eigenvalue weighted by Gasteiger charge is -2.35. The summed E-state index contributed by atoms with van der Waals surface area (Å²) in [4.78, 5) is 32.8. The van der Waals surface area contributed by atoms with Crippen LogP contribution in [-0.4, -0.2) is 55.0 Å². The maximum absolute atomic E-state index is 12.4. The first kappa shape index (κ1) is 18.7. The van der Waals surface area contributed by atoms with Gasteiger partial charge in [0.1, 0.15) is 11.6 Å². The maximum Gasteiger partial charge on any atom is 0.224 e. The Labute approximate surface area is 158 Å². The van der Waals surface area contributed by atoms with Gasteiger partial charge in [0.2, 0.25) is 11.8 Å². The molecule has 27 heavy (non-hydrogen) atoms. The fraction of sp³-hybridized carbons (Fsp3) is 0.350. The van der Waals surface area contributed by atoms with E-state index in [9.17, 15) is 9.59 Å². The summed E-state index contributed by atoms with van der Waals surface area (Å²) in [6.45, 7) is 2.79. The van der Waals surface area contributed by atoms with Crippen LogP contribution in [0.5, 0.6) is 5.75 Å². The van der Waals surface area contributed by atoms with Crippen LogP contribution in [0, 0.1) is 0 Å². The molecule has 3 rings (SSSR count). The minimum Gasteiger partial charge on any atom is -0.497 e. The lowest BCUT2D eigenvalue weighted by atomic mass is 10.2. The summed E-state index contributed by atoms with van der Waals surface area (Å²) in [5.41, 5.74) is 0.663. The van der Waals surface area contributed by atoms with Gasteiger partial charge in [0.15, 0.2) is 0 Å². The van der Waals surface area contributed by atoms with Crippen molar-refractivity contribution in [1.82, 2.24) is 9.88 Å².